The van der Waals surface area contributed by atoms with Crippen LogP contribution in [0.4, 0.5) is 4.39 Å². The summed E-state index contributed by atoms with van der Waals surface area (Å²) in [7, 11) is 0. The van der Waals surface area contributed by atoms with E-state index in [0.29, 0.717) is 12.1 Å². The number of aryl methyl sites for hydroxylation is 2. The number of nitrogens with zero attached hydrogens (tertiary/aromatic N) is 1. The number of carbonyl (C=O) groups excluding carboxylic acids is 2. The molecule has 3 N–H and O–H groups in total. The van der Waals surface area contributed by atoms with Gasteiger partial charge in [-0.05, 0) is 43.0 Å². The van der Waals surface area contributed by atoms with E-state index in [-0.39, 0.29) is 37.0 Å². The number of rotatable bonds is 9. The van der Waals surface area contributed by atoms with Gasteiger partial charge in [0, 0.05) is 25.2 Å². The second kappa shape index (κ2) is 9.56. The van der Waals surface area contributed by atoms with Crippen LogP contribution in [0.5, 0.6) is 0 Å². The third kappa shape index (κ3) is 6.74. The smallest absolute Gasteiger partial charge is 0.224 e. The summed E-state index contributed by atoms with van der Waals surface area (Å²) in [5.74, 6) is -0.695. The number of aromatic amines is 1. The van der Waals surface area contributed by atoms with E-state index in [4.69, 9.17) is 0 Å². The molecule has 0 radical (unpaired) electrons. The molecular weight excluding hydrogens is 323 g/mol. The van der Waals surface area contributed by atoms with Gasteiger partial charge in [-0.15, -0.1) is 0 Å². The van der Waals surface area contributed by atoms with Gasteiger partial charge >= 0.3 is 0 Å². The second-order valence-electron chi connectivity index (χ2n) is 5.88. The lowest BCUT2D eigenvalue weighted by atomic mass is 10.1. The first-order valence-corrected chi connectivity index (χ1v) is 8.31. The zero-order valence-corrected chi connectivity index (χ0v) is 14.3. The summed E-state index contributed by atoms with van der Waals surface area (Å²) in [5, 5.41) is 12.3. The first-order valence-electron chi connectivity index (χ1n) is 8.31. The lowest BCUT2D eigenvalue weighted by molar-refractivity contribution is -0.122. The van der Waals surface area contributed by atoms with E-state index in [1.54, 1.807) is 18.3 Å². The van der Waals surface area contributed by atoms with Gasteiger partial charge in [0.15, 0.2) is 0 Å². The fraction of sp³-hybridized carbons (Fsp3) is 0.389. The van der Waals surface area contributed by atoms with Crippen molar-refractivity contribution in [2.75, 3.05) is 13.1 Å². The van der Waals surface area contributed by atoms with Crippen LogP contribution in [0.15, 0.2) is 30.5 Å². The third-order valence-electron chi connectivity index (χ3n) is 3.81. The number of H-pyrrole nitrogens is 1. The highest BCUT2D eigenvalue weighted by molar-refractivity contribution is 5.80. The first-order chi connectivity index (χ1) is 12.0. The molecule has 25 heavy (non-hydrogen) atoms. The molecule has 0 aliphatic heterocycles. The number of hydrogen-bond donors (Lipinski definition) is 3. The normalized spacial score (nSPS) is 10.5. The Balaban J connectivity index is 1.55. The number of nitrogens with one attached hydrogen (secondary N) is 3. The molecule has 0 spiro atoms. The average Bonchev–Trinajstić information content (AvgIpc) is 2.97. The highest BCUT2D eigenvalue weighted by Gasteiger charge is 2.06. The molecule has 2 aromatic rings. The summed E-state index contributed by atoms with van der Waals surface area (Å²) in [6, 6.07) is 5.92. The van der Waals surface area contributed by atoms with Crippen molar-refractivity contribution in [3.05, 3.63) is 53.1 Å². The lowest BCUT2D eigenvalue weighted by Crippen LogP contribution is -2.32. The molecule has 6 nitrogen and oxygen atoms in total. The minimum Gasteiger partial charge on any atom is -0.356 e. The van der Waals surface area contributed by atoms with Gasteiger partial charge in [0.2, 0.25) is 11.8 Å². The summed E-state index contributed by atoms with van der Waals surface area (Å²) in [5.41, 5.74) is 2.81. The number of aromatic nitrogens is 2. The Morgan fingerprint density at radius 3 is 2.72 bits per heavy atom. The van der Waals surface area contributed by atoms with Crippen molar-refractivity contribution in [3.8, 4) is 0 Å². The monoisotopic (exact) mass is 346 g/mol. The molecule has 7 heteroatoms. The van der Waals surface area contributed by atoms with Crippen molar-refractivity contribution in [2.24, 2.45) is 0 Å². The highest BCUT2D eigenvalue weighted by atomic mass is 19.1. The van der Waals surface area contributed by atoms with E-state index in [9.17, 15) is 14.0 Å². The van der Waals surface area contributed by atoms with Crippen molar-refractivity contribution < 1.29 is 14.0 Å². The van der Waals surface area contributed by atoms with Gasteiger partial charge in [-0.2, -0.15) is 5.10 Å². The van der Waals surface area contributed by atoms with Gasteiger partial charge in [0.25, 0.3) is 0 Å². The number of hydrogen-bond acceptors (Lipinski definition) is 3. The molecule has 0 aliphatic carbocycles. The van der Waals surface area contributed by atoms with Crippen molar-refractivity contribution in [2.45, 2.75) is 32.6 Å². The maximum Gasteiger partial charge on any atom is 0.224 e. The fourth-order valence-corrected chi connectivity index (χ4v) is 2.43. The maximum absolute atomic E-state index is 13.0. The minimum atomic E-state index is -0.365. The summed E-state index contributed by atoms with van der Waals surface area (Å²) < 4.78 is 13.0. The molecule has 134 valence electrons. The lowest BCUT2D eigenvalue weighted by Gasteiger charge is -2.07. The maximum atomic E-state index is 13.0. The van der Waals surface area contributed by atoms with Crippen molar-refractivity contribution in [1.29, 1.82) is 0 Å². The molecule has 0 fully saturated rings. The zero-order valence-electron chi connectivity index (χ0n) is 14.3. The van der Waals surface area contributed by atoms with Gasteiger partial charge in [0.05, 0.1) is 12.6 Å². The van der Waals surface area contributed by atoms with Crippen molar-refractivity contribution in [1.82, 2.24) is 20.8 Å². The Bertz CT molecular complexity index is 715. The van der Waals surface area contributed by atoms with Gasteiger partial charge < -0.3 is 10.6 Å². The van der Waals surface area contributed by atoms with E-state index >= 15 is 0 Å². The summed E-state index contributed by atoms with van der Waals surface area (Å²) in [6.45, 7) is 2.81. The van der Waals surface area contributed by atoms with Crippen LogP contribution in [-0.4, -0.2) is 35.1 Å². The van der Waals surface area contributed by atoms with Gasteiger partial charge in [-0.25, -0.2) is 4.39 Å². The predicted octanol–water partition coefficient (Wildman–Crippen LogP) is 1.66. The average molecular weight is 346 g/mol. The molecule has 0 unspecified atom stereocenters. The van der Waals surface area contributed by atoms with E-state index in [1.807, 2.05) is 6.92 Å². The largest absolute Gasteiger partial charge is 0.356 e. The molecular formula is C18H23FN4O2. The third-order valence-corrected chi connectivity index (χ3v) is 3.81. The molecule has 0 bridgehead atoms. The van der Waals surface area contributed by atoms with Gasteiger partial charge in [-0.1, -0.05) is 12.1 Å². The van der Waals surface area contributed by atoms with Crippen LogP contribution in [-0.2, 0) is 22.4 Å². The van der Waals surface area contributed by atoms with E-state index < -0.39 is 0 Å². The van der Waals surface area contributed by atoms with Crippen LogP contribution in [0.3, 0.4) is 0 Å². The van der Waals surface area contributed by atoms with E-state index in [0.717, 1.165) is 24.1 Å². The first kappa shape index (κ1) is 18.6. The molecule has 0 saturated carbocycles. The molecule has 1 aromatic carbocycles. The number of carbonyl (C=O) groups is 2. The van der Waals surface area contributed by atoms with Gasteiger partial charge in [0.1, 0.15) is 5.82 Å². The molecule has 0 saturated heterocycles. The molecule has 1 heterocycles. The van der Waals surface area contributed by atoms with Crippen LogP contribution in [0.25, 0.3) is 0 Å². The Morgan fingerprint density at radius 1 is 1.20 bits per heavy atom. The predicted molar refractivity (Wildman–Crippen MR) is 92.4 cm³/mol. The van der Waals surface area contributed by atoms with Crippen LogP contribution in [0.2, 0.25) is 0 Å². The van der Waals surface area contributed by atoms with Crippen LogP contribution < -0.4 is 10.6 Å². The Hall–Kier alpha value is -2.70. The Labute approximate surface area is 146 Å². The van der Waals surface area contributed by atoms with E-state index in [1.165, 1.54) is 12.1 Å². The van der Waals surface area contributed by atoms with E-state index in [2.05, 4.69) is 20.8 Å². The minimum absolute atomic E-state index is 0.101. The number of benzene rings is 1. The molecule has 0 atom stereocenters. The topological polar surface area (TPSA) is 86.9 Å². The summed E-state index contributed by atoms with van der Waals surface area (Å²) in [6.07, 6.45) is 3.80. The summed E-state index contributed by atoms with van der Waals surface area (Å²) >= 11 is 0. The van der Waals surface area contributed by atoms with Crippen molar-refractivity contribution in [3.63, 3.8) is 0 Å². The second-order valence-corrected chi connectivity index (χ2v) is 5.88. The van der Waals surface area contributed by atoms with Crippen LogP contribution >= 0.6 is 0 Å². The molecule has 1 aromatic heterocycles. The fourth-order valence-electron chi connectivity index (χ4n) is 2.43. The van der Waals surface area contributed by atoms with Crippen molar-refractivity contribution >= 4 is 11.8 Å². The number of amides is 2. The highest BCUT2D eigenvalue weighted by Crippen LogP contribution is 2.05. The number of halogens is 1. The molecule has 2 amide bonds. The van der Waals surface area contributed by atoms with Gasteiger partial charge in [-0.3, -0.25) is 14.7 Å². The molecule has 2 rings (SSSR count). The quantitative estimate of drug-likeness (QED) is 0.604. The Kier molecular flexibility index (Phi) is 7.13. The SMILES string of the molecule is Cc1[nH]ncc1CCCNC(=O)CCNC(=O)Cc1cccc(F)c1. The zero-order chi connectivity index (χ0) is 18.1. The Morgan fingerprint density at radius 2 is 2.00 bits per heavy atom. The van der Waals surface area contributed by atoms with Crippen LogP contribution in [0, 0.1) is 12.7 Å². The summed E-state index contributed by atoms with van der Waals surface area (Å²) in [4.78, 5) is 23.5. The van der Waals surface area contributed by atoms with Crippen LogP contribution in [0.1, 0.15) is 29.7 Å². The molecule has 0 aliphatic rings. The standard InChI is InChI=1S/C18H23FN4O2/c1-13-15(12-22-23-13)5-3-8-20-17(24)7-9-21-18(25)11-14-4-2-6-16(19)10-14/h2,4,6,10,12H,3,5,7-9,11H2,1H3,(H,20,24)(H,21,25)(H,22,23).